The fraction of sp³-hybridized carbons (Fsp3) is 0.611. The summed E-state index contributed by atoms with van der Waals surface area (Å²) in [5.41, 5.74) is 0. The Morgan fingerprint density at radius 3 is 1.43 bits per heavy atom. The summed E-state index contributed by atoms with van der Waals surface area (Å²) in [6, 6.07) is 0. The first kappa shape index (κ1) is 26.7. The first-order chi connectivity index (χ1) is 13.8. The Kier molecular flexibility index (Phi) is 10.9. The highest BCUT2D eigenvalue weighted by molar-refractivity contribution is 6.08. The molecule has 0 rings (SSSR count). The van der Waals surface area contributed by atoms with Crippen LogP contribution in [0.4, 0.5) is 0 Å². The van der Waals surface area contributed by atoms with Crippen molar-refractivity contribution in [2.75, 3.05) is 6.61 Å². The second-order valence-electron chi connectivity index (χ2n) is 6.06. The van der Waals surface area contributed by atoms with Crippen molar-refractivity contribution in [1.29, 1.82) is 0 Å². The Labute approximate surface area is 172 Å². The number of hydrogen-bond donors (Lipinski definition) is 0. The fourth-order valence-electron chi connectivity index (χ4n) is 2.26. The first-order valence-electron chi connectivity index (χ1n) is 8.62. The zero-order valence-electron chi connectivity index (χ0n) is 17.4. The molecule has 0 aromatic rings. The first-order valence-corrected chi connectivity index (χ1v) is 8.62. The fourth-order valence-corrected chi connectivity index (χ4v) is 2.26. The van der Waals surface area contributed by atoms with Crippen molar-refractivity contribution in [2.24, 2.45) is 0 Å². The number of rotatable bonds is 11. The molecule has 1 unspecified atom stereocenters. The van der Waals surface area contributed by atoms with Crippen LogP contribution in [0.3, 0.4) is 0 Å². The second kappa shape index (κ2) is 12.3. The Balaban J connectivity index is 6.29. The van der Waals surface area contributed by atoms with E-state index >= 15 is 0 Å². The molecule has 0 amide bonds. The molecule has 12 heteroatoms. The van der Waals surface area contributed by atoms with Crippen molar-refractivity contribution in [3.63, 3.8) is 0 Å². The molecule has 12 nitrogen and oxygen atoms in total. The summed E-state index contributed by atoms with van der Waals surface area (Å²) < 4.78 is 24.3. The van der Waals surface area contributed by atoms with E-state index in [0.717, 1.165) is 41.5 Å². The van der Waals surface area contributed by atoms with E-state index < -0.39 is 72.4 Å². The molecule has 0 aromatic heterocycles. The summed E-state index contributed by atoms with van der Waals surface area (Å²) in [5.74, 6) is -6.82. The molecule has 0 radical (unpaired) electrons. The normalized spacial score (nSPS) is 14.2. The van der Waals surface area contributed by atoms with E-state index in [0.29, 0.717) is 0 Å². The number of hydrogen-bond acceptors (Lipinski definition) is 12. The van der Waals surface area contributed by atoms with Gasteiger partial charge >= 0.3 is 29.8 Å². The third-order valence-electron chi connectivity index (χ3n) is 3.22. The quantitative estimate of drug-likeness (QED) is 0.232. The maximum absolute atomic E-state index is 12.9. The maximum Gasteiger partial charge on any atom is 0.303 e. The van der Waals surface area contributed by atoms with E-state index in [1.165, 1.54) is 0 Å². The van der Waals surface area contributed by atoms with Gasteiger partial charge in [0.2, 0.25) is 18.0 Å². The van der Waals surface area contributed by atoms with Gasteiger partial charge in [-0.3, -0.25) is 33.6 Å². The molecule has 0 bridgehead atoms. The van der Waals surface area contributed by atoms with E-state index in [-0.39, 0.29) is 0 Å². The number of esters is 5. The predicted molar refractivity (Wildman–Crippen MR) is 94.5 cm³/mol. The molecule has 0 N–H and O–H groups in total. The Bertz CT molecular complexity index is 710. The van der Waals surface area contributed by atoms with Crippen molar-refractivity contribution in [1.82, 2.24) is 0 Å². The standard InChI is InChI=1S/C18H24O12/c1-8(19)16(28-11(4)22)15(25)18(30-13(6)24)17(29-12(5)23)14(27-10(3)21)7-26-9(2)20/h14,16-18H,7H2,1-6H3/t14-,16?,17+,18+/m1/s1. The highest BCUT2D eigenvalue weighted by Gasteiger charge is 2.46. The van der Waals surface area contributed by atoms with Gasteiger partial charge in [-0.15, -0.1) is 0 Å². The topological polar surface area (TPSA) is 166 Å². The molecule has 0 saturated heterocycles. The summed E-state index contributed by atoms with van der Waals surface area (Å²) in [7, 11) is 0. The molecule has 0 heterocycles. The van der Waals surface area contributed by atoms with Crippen LogP contribution in [-0.4, -0.2) is 72.4 Å². The van der Waals surface area contributed by atoms with Gasteiger partial charge in [-0.05, 0) is 6.92 Å². The molecule has 0 spiro atoms. The molecule has 0 aliphatic carbocycles. The molecule has 0 saturated carbocycles. The predicted octanol–water partition coefficient (Wildman–Crippen LogP) is -0.566. The Morgan fingerprint density at radius 1 is 0.600 bits per heavy atom. The van der Waals surface area contributed by atoms with Gasteiger partial charge in [0, 0.05) is 34.6 Å². The van der Waals surface area contributed by atoms with Gasteiger partial charge in [0.15, 0.2) is 18.0 Å². The van der Waals surface area contributed by atoms with Crippen LogP contribution >= 0.6 is 0 Å². The minimum absolute atomic E-state index is 0.670. The Morgan fingerprint density at radius 2 is 1.07 bits per heavy atom. The zero-order valence-corrected chi connectivity index (χ0v) is 17.4. The van der Waals surface area contributed by atoms with Crippen LogP contribution in [0.25, 0.3) is 0 Å². The lowest BCUT2D eigenvalue weighted by Gasteiger charge is -2.31. The lowest BCUT2D eigenvalue weighted by atomic mass is 9.98. The minimum atomic E-state index is -2.03. The summed E-state index contributed by atoms with van der Waals surface area (Å²) in [6.45, 7) is 5.13. The number of ketones is 2. The van der Waals surface area contributed by atoms with Crippen LogP contribution in [0.15, 0.2) is 0 Å². The third kappa shape index (κ3) is 9.75. The van der Waals surface area contributed by atoms with Gasteiger partial charge in [-0.1, -0.05) is 0 Å². The highest BCUT2D eigenvalue weighted by atomic mass is 16.6. The van der Waals surface area contributed by atoms with Crippen molar-refractivity contribution in [2.45, 2.75) is 66.0 Å². The molecular formula is C18H24O12. The number of Topliss-reactive ketones (excluding diaryl/α,β-unsaturated/α-hetero) is 2. The largest absolute Gasteiger partial charge is 0.462 e. The van der Waals surface area contributed by atoms with Gasteiger partial charge < -0.3 is 23.7 Å². The minimum Gasteiger partial charge on any atom is -0.462 e. The SMILES string of the molecule is CC(=O)OC[C@@H](OC(C)=O)[C@H](OC(C)=O)[C@@H](OC(C)=O)C(=O)C(OC(C)=O)C(C)=O. The van der Waals surface area contributed by atoms with Crippen molar-refractivity contribution in [3.8, 4) is 0 Å². The van der Waals surface area contributed by atoms with Crippen LogP contribution in [-0.2, 0) is 57.2 Å². The van der Waals surface area contributed by atoms with Gasteiger partial charge in [0.1, 0.15) is 6.61 Å². The average Bonchev–Trinajstić information content (AvgIpc) is 2.57. The lowest BCUT2D eigenvalue weighted by Crippen LogP contribution is -2.54. The number of carbonyl (C=O) groups excluding carboxylic acids is 7. The zero-order chi connectivity index (χ0) is 23.6. The smallest absolute Gasteiger partial charge is 0.303 e. The summed E-state index contributed by atoms with van der Waals surface area (Å²) >= 11 is 0. The lowest BCUT2D eigenvalue weighted by molar-refractivity contribution is -0.193. The van der Waals surface area contributed by atoms with E-state index in [1.54, 1.807) is 0 Å². The molecule has 0 aliphatic heterocycles. The van der Waals surface area contributed by atoms with Crippen LogP contribution in [0, 0.1) is 0 Å². The average molecular weight is 432 g/mol. The third-order valence-corrected chi connectivity index (χ3v) is 3.22. The van der Waals surface area contributed by atoms with Crippen LogP contribution in [0.2, 0.25) is 0 Å². The molecular weight excluding hydrogens is 408 g/mol. The molecule has 0 fully saturated rings. The monoisotopic (exact) mass is 432 g/mol. The summed E-state index contributed by atoms with van der Waals surface area (Å²) in [5, 5.41) is 0. The molecule has 0 aliphatic rings. The van der Waals surface area contributed by atoms with E-state index in [9.17, 15) is 33.6 Å². The van der Waals surface area contributed by atoms with E-state index in [4.69, 9.17) is 18.9 Å². The second-order valence-corrected chi connectivity index (χ2v) is 6.06. The van der Waals surface area contributed by atoms with Crippen molar-refractivity contribution < 1.29 is 57.2 Å². The van der Waals surface area contributed by atoms with E-state index in [1.807, 2.05) is 0 Å². The molecule has 168 valence electrons. The van der Waals surface area contributed by atoms with Gasteiger partial charge in [0.25, 0.3) is 0 Å². The highest BCUT2D eigenvalue weighted by Crippen LogP contribution is 2.18. The van der Waals surface area contributed by atoms with Gasteiger partial charge in [0.05, 0.1) is 0 Å². The Hall–Kier alpha value is -3.31. The summed E-state index contributed by atoms with van der Waals surface area (Å²) in [6.07, 6.45) is -7.43. The van der Waals surface area contributed by atoms with Crippen molar-refractivity contribution in [3.05, 3.63) is 0 Å². The van der Waals surface area contributed by atoms with Crippen LogP contribution in [0.5, 0.6) is 0 Å². The van der Waals surface area contributed by atoms with Gasteiger partial charge in [-0.25, -0.2) is 0 Å². The van der Waals surface area contributed by atoms with E-state index in [2.05, 4.69) is 4.74 Å². The van der Waals surface area contributed by atoms with Crippen LogP contribution < -0.4 is 0 Å². The molecule has 30 heavy (non-hydrogen) atoms. The van der Waals surface area contributed by atoms with Crippen LogP contribution in [0.1, 0.15) is 41.5 Å². The maximum atomic E-state index is 12.9. The van der Waals surface area contributed by atoms with Crippen molar-refractivity contribution >= 4 is 41.4 Å². The van der Waals surface area contributed by atoms with Gasteiger partial charge in [-0.2, -0.15) is 0 Å². The molecule has 0 aromatic carbocycles. The summed E-state index contributed by atoms with van der Waals surface area (Å²) in [4.78, 5) is 81.8. The number of ether oxygens (including phenoxy) is 5. The number of carbonyl (C=O) groups is 7. The molecule has 4 atom stereocenters.